The summed E-state index contributed by atoms with van der Waals surface area (Å²) in [5, 5.41) is 0. The Bertz CT molecular complexity index is 481. The van der Waals surface area contributed by atoms with Crippen LogP contribution in [0.25, 0.3) is 0 Å². The Labute approximate surface area is 102 Å². The van der Waals surface area contributed by atoms with Crippen molar-refractivity contribution >= 4 is 10.0 Å². The zero-order chi connectivity index (χ0) is 12.5. The molecule has 0 spiro atoms. The number of hydrogen-bond donors (Lipinski definition) is 3. The van der Waals surface area contributed by atoms with E-state index < -0.39 is 10.0 Å². The predicted molar refractivity (Wildman–Crippen MR) is 65.8 cm³/mol. The summed E-state index contributed by atoms with van der Waals surface area (Å²) in [6.07, 6.45) is 4.64. The van der Waals surface area contributed by atoms with Crippen LogP contribution in [-0.4, -0.2) is 19.4 Å². The molecule has 17 heavy (non-hydrogen) atoms. The van der Waals surface area contributed by atoms with Crippen molar-refractivity contribution in [1.29, 1.82) is 0 Å². The highest BCUT2D eigenvalue weighted by Crippen LogP contribution is 2.35. The maximum atomic E-state index is 12.0. The number of hydrogen-bond acceptors (Lipinski definition) is 3. The lowest BCUT2D eigenvalue weighted by Crippen LogP contribution is -2.26. The van der Waals surface area contributed by atoms with Gasteiger partial charge in [-0.25, -0.2) is 13.1 Å². The van der Waals surface area contributed by atoms with Gasteiger partial charge in [0.2, 0.25) is 10.0 Å². The van der Waals surface area contributed by atoms with Crippen molar-refractivity contribution in [2.24, 2.45) is 11.7 Å². The number of nitrogens with one attached hydrogen (secondary N) is 2. The third kappa shape index (κ3) is 2.88. The summed E-state index contributed by atoms with van der Waals surface area (Å²) in [5.41, 5.74) is 6.16. The summed E-state index contributed by atoms with van der Waals surface area (Å²) >= 11 is 0. The quantitative estimate of drug-likeness (QED) is 0.708. The Kier molecular flexibility index (Phi) is 3.56. The fraction of sp³-hybridized carbons (Fsp3) is 0.636. The lowest BCUT2D eigenvalue weighted by molar-refractivity contribution is 0.573. The molecular formula is C11H19N3O2S. The minimum absolute atomic E-state index is 0.121. The number of sulfonamides is 1. The second kappa shape index (κ2) is 4.80. The van der Waals surface area contributed by atoms with Crippen LogP contribution in [0.2, 0.25) is 0 Å². The number of nitrogens with two attached hydrogens (primary N) is 1. The molecular weight excluding hydrogens is 238 g/mol. The molecule has 2 unspecified atom stereocenters. The van der Waals surface area contributed by atoms with Gasteiger partial charge < -0.3 is 10.7 Å². The molecule has 1 heterocycles. The van der Waals surface area contributed by atoms with Gasteiger partial charge >= 0.3 is 0 Å². The van der Waals surface area contributed by atoms with Gasteiger partial charge in [0.05, 0.1) is 4.90 Å². The Morgan fingerprint density at radius 1 is 1.59 bits per heavy atom. The summed E-state index contributed by atoms with van der Waals surface area (Å²) in [6, 6.07) is 1.70. The van der Waals surface area contributed by atoms with Crippen LogP contribution in [0.5, 0.6) is 0 Å². The van der Waals surface area contributed by atoms with Crippen molar-refractivity contribution in [3.05, 3.63) is 18.0 Å². The topological polar surface area (TPSA) is 88.0 Å². The first-order valence-corrected chi connectivity index (χ1v) is 7.45. The average Bonchev–Trinajstić information content (AvgIpc) is 2.84. The van der Waals surface area contributed by atoms with Crippen LogP contribution >= 0.6 is 0 Å². The lowest BCUT2D eigenvalue weighted by atomic mass is 10.2. The highest BCUT2D eigenvalue weighted by atomic mass is 32.2. The van der Waals surface area contributed by atoms with Gasteiger partial charge in [-0.05, 0) is 24.8 Å². The second-order valence-electron chi connectivity index (χ2n) is 4.58. The van der Waals surface area contributed by atoms with Crippen LogP contribution in [0.4, 0.5) is 0 Å². The summed E-state index contributed by atoms with van der Waals surface area (Å²) in [7, 11) is -3.37. The summed E-state index contributed by atoms with van der Waals surface area (Å²) in [4.78, 5) is 3.13. The number of aromatic amines is 1. The molecule has 4 N–H and O–H groups in total. The molecule has 2 atom stereocenters. The van der Waals surface area contributed by atoms with E-state index >= 15 is 0 Å². The second-order valence-corrected chi connectivity index (χ2v) is 6.29. The van der Waals surface area contributed by atoms with E-state index in [9.17, 15) is 8.42 Å². The molecule has 1 aromatic heterocycles. The van der Waals surface area contributed by atoms with E-state index in [1.165, 1.54) is 6.20 Å². The molecule has 0 bridgehead atoms. The minimum atomic E-state index is -3.37. The van der Waals surface area contributed by atoms with Crippen LogP contribution in [0.1, 0.15) is 31.9 Å². The molecule has 1 saturated carbocycles. The zero-order valence-corrected chi connectivity index (χ0v) is 10.8. The van der Waals surface area contributed by atoms with Crippen molar-refractivity contribution in [3.8, 4) is 0 Å². The van der Waals surface area contributed by atoms with Gasteiger partial charge in [0, 0.05) is 24.5 Å². The number of H-pyrrole nitrogens is 1. The molecule has 0 amide bonds. The Morgan fingerprint density at radius 3 is 2.94 bits per heavy atom. The van der Waals surface area contributed by atoms with Crippen molar-refractivity contribution in [1.82, 2.24) is 9.71 Å². The van der Waals surface area contributed by atoms with E-state index in [0.717, 1.165) is 25.0 Å². The van der Waals surface area contributed by atoms with E-state index in [2.05, 4.69) is 16.6 Å². The van der Waals surface area contributed by atoms with Gasteiger partial charge in [-0.15, -0.1) is 0 Å². The Hall–Kier alpha value is -0.850. The molecule has 5 nitrogen and oxygen atoms in total. The molecule has 0 saturated heterocycles. The van der Waals surface area contributed by atoms with Crippen LogP contribution in [0.15, 0.2) is 17.2 Å². The smallest absolute Gasteiger partial charge is 0.242 e. The molecule has 96 valence electrons. The Balaban J connectivity index is 2.00. The first kappa shape index (κ1) is 12.6. The minimum Gasteiger partial charge on any atom is -0.363 e. The van der Waals surface area contributed by atoms with Crippen molar-refractivity contribution in [3.63, 3.8) is 0 Å². The monoisotopic (exact) mass is 257 g/mol. The Morgan fingerprint density at radius 2 is 2.35 bits per heavy atom. The molecule has 0 aromatic carbocycles. The standard InChI is InChI=1S/C11H19N3O2S/c1-2-3-8-4-11(8)14-17(15,16)10-5-9(6-12)13-7-10/h5,7-8,11,13-14H,2-4,6,12H2,1H3. The van der Waals surface area contributed by atoms with Gasteiger partial charge in [0.1, 0.15) is 0 Å². The van der Waals surface area contributed by atoms with Gasteiger partial charge in [0.25, 0.3) is 0 Å². The largest absolute Gasteiger partial charge is 0.363 e. The van der Waals surface area contributed by atoms with Crippen LogP contribution < -0.4 is 10.5 Å². The third-order valence-corrected chi connectivity index (χ3v) is 4.60. The predicted octanol–water partition coefficient (Wildman–Crippen LogP) is 0.940. The maximum absolute atomic E-state index is 12.0. The number of aromatic nitrogens is 1. The van der Waals surface area contributed by atoms with E-state index in [1.807, 2.05) is 0 Å². The molecule has 2 rings (SSSR count). The normalized spacial score (nSPS) is 23.9. The van der Waals surface area contributed by atoms with E-state index in [1.54, 1.807) is 6.07 Å². The average molecular weight is 257 g/mol. The zero-order valence-electron chi connectivity index (χ0n) is 9.94. The maximum Gasteiger partial charge on any atom is 0.242 e. The molecule has 1 fully saturated rings. The lowest BCUT2D eigenvalue weighted by Gasteiger charge is -2.03. The molecule has 0 radical (unpaired) electrons. The fourth-order valence-electron chi connectivity index (χ4n) is 2.04. The summed E-state index contributed by atoms with van der Waals surface area (Å²) in [6.45, 7) is 2.43. The highest BCUT2D eigenvalue weighted by Gasteiger charge is 2.39. The molecule has 1 aliphatic carbocycles. The van der Waals surface area contributed by atoms with Gasteiger partial charge in [-0.1, -0.05) is 13.3 Å². The summed E-state index contributed by atoms with van der Waals surface area (Å²) in [5.74, 6) is 0.516. The van der Waals surface area contributed by atoms with E-state index in [4.69, 9.17) is 5.73 Å². The molecule has 6 heteroatoms. The highest BCUT2D eigenvalue weighted by molar-refractivity contribution is 7.89. The van der Waals surface area contributed by atoms with Crippen molar-refractivity contribution in [2.45, 2.75) is 43.7 Å². The molecule has 1 aromatic rings. The SMILES string of the molecule is CCCC1CC1NS(=O)(=O)c1c[nH]c(CN)c1. The first-order chi connectivity index (χ1) is 8.06. The van der Waals surface area contributed by atoms with Crippen LogP contribution in [0.3, 0.4) is 0 Å². The van der Waals surface area contributed by atoms with Gasteiger partial charge in [0.15, 0.2) is 0 Å². The van der Waals surface area contributed by atoms with Crippen molar-refractivity contribution < 1.29 is 8.42 Å². The van der Waals surface area contributed by atoms with Gasteiger partial charge in [-0.3, -0.25) is 0 Å². The van der Waals surface area contributed by atoms with Crippen LogP contribution in [-0.2, 0) is 16.6 Å². The van der Waals surface area contributed by atoms with Crippen molar-refractivity contribution in [2.75, 3.05) is 0 Å². The summed E-state index contributed by atoms with van der Waals surface area (Å²) < 4.78 is 26.7. The fourth-order valence-corrected chi connectivity index (χ4v) is 3.38. The third-order valence-electron chi connectivity index (χ3n) is 3.14. The van der Waals surface area contributed by atoms with E-state index in [0.29, 0.717) is 12.5 Å². The van der Waals surface area contributed by atoms with Gasteiger partial charge in [-0.2, -0.15) is 0 Å². The van der Waals surface area contributed by atoms with Crippen LogP contribution in [0, 0.1) is 5.92 Å². The molecule has 1 aliphatic rings. The van der Waals surface area contributed by atoms with E-state index in [-0.39, 0.29) is 10.9 Å². The molecule has 0 aliphatic heterocycles. The first-order valence-electron chi connectivity index (χ1n) is 5.96. The number of rotatable bonds is 6.